The molecule has 3 heteroatoms. The molecule has 2 N–H and O–H groups in total. The van der Waals surface area contributed by atoms with E-state index in [1.165, 1.54) is 0 Å². The Morgan fingerprint density at radius 3 is 2.14 bits per heavy atom. The Morgan fingerprint density at radius 1 is 0.905 bits per heavy atom. The molecule has 2 aromatic rings. The molecule has 0 bridgehead atoms. The summed E-state index contributed by atoms with van der Waals surface area (Å²) in [6, 6.07) is 17.4. The van der Waals surface area contributed by atoms with Crippen molar-refractivity contribution in [1.29, 1.82) is 0 Å². The number of ether oxygens (including phenoxy) is 1. The Balaban J connectivity index is 2.10. The second kappa shape index (κ2) is 7.25. The van der Waals surface area contributed by atoms with E-state index in [4.69, 9.17) is 4.74 Å². The number of benzene rings is 2. The molecule has 0 aliphatic carbocycles. The Bertz CT molecular complexity index is 547. The van der Waals surface area contributed by atoms with Crippen molar-refractivity contribution in [2.24, 2.45) is 0 Å². The van der Waals surface area contributed by atoms with Gasteiger partial charge in [-0.2, -0.15) is 0 Å². The quantitative estimate of drug-likeness (QED) is 0.823. The van der Waals surface area contributed by atoms with Crippen LogP contribution in [0.5, 0.6) is 5.75 Å². The largest absolute Gasteiger partial charge is 0.494 e. The first-order valence-electron chi connectivity index (χ1n) is 7.17. The highest BCUT2D eigenvalue weighted by atomic mass is 16.5. The molecule has 0 aliphatic heterocycles. The van der Waals surface area contributed by atoms with Crippen LogP contribution in [0.4, 0.5) is 0 Å². The van der Waals surface area contributed by atoms with E-state index < -0.39 is 5.41 Å². The van der Waals surface area contributed by atoms with Crippen molar-refractivity contribution < 1.29 is 14.9 Å². The van der Waals surface area contributed by atoms with Gasteiger partial charge in [0.1, 0.15) is 5.75 Å². The molecule has 0 aliphatic rings. The average Bonchev–Trinajstić information content (AvgIpc) is 2.54. The molecule has 0 saturated carbocycles. The summed E-state index contributed by atoms with van der Waals surface area (Å²) in [7, 11) is 0. The number of hydrogen-bond acceptors (Lipinski definition) is 3. The minimum absolute atomic E-state index is 0.105. The van der Waals surface area contributed by atoms with Crippen LogP contribution in [0.15, 0.2) is 54.6 Å². The van der Waals surface area contributed by atoms with Crippen molar-refractivity contribution in [3.8, 4) is 5.75 Å². The summed E-state index contributed by atoms with van der Waals surface area (Å²) in [5.74, 6) is 0.798. The number of hydrogen-bond donors (Lipinski definition) is 2. The van der Waals surface area contributed by atoms with Crippen LogP contribution < -0.4 is 4.74 Å². The first-order chi connectivity index (χ1) is 10.2. The molecule has 0 spiro atoms. The van der Waals surface area contributed by atoms with Gasteiger partial charge in [0, 0.05) is 5.41 Å². The second-order valence-electron chi connectivity index (χ2n) is 5.32. The van der Waals surface area contributed by atoms with E-state index in [-0.39, 0.29) is 13.2 Å². The summed E-state index contributed by atoms with van der Waals surface area (Å²) in [6.07, 6.45) is 0.555. The minimum Gasteiger partial charge on any atom is -0.494 e. The summed E-state index contributed by atoms with van der Waals surface area (Å²) in [4.78, 5) is 0. The fourth-order valence-corrected chi connectivity index (χ4v) is 2.56. The van der Waals surface area contributed by atoms with Gasteiger partial charge in [0.05, 0.1) is 19.8 Å². The number of aliphatic hydroxyl groups excluding tert-OH is 2. The van der Waals surface area contributed by atoms with Crippen molar-refractivity contribution in [3.63, 3.8) is 0 Å². The Hall–Kier alpha value is -1.84. The van der Waals surface area contributed by atoms with E-state index in [0.29, 0.717) is 13.0 Å². The molecule has 21 heavy (non-hydrogen) atoms. The fraction of sp³-hybridized carbons (Fsp3) is 0.333. The summed E-state index contributed by atoms with van der Waals surface area (Å²) in [5.41, 5.74) is 1.38. The van der Waals surface area contributed by atoms with E-state index in [9.17, 15) is 10.2 Å². The highest BCUT2D eigenvalue weighted by Gasteiger charge is 2.32. The number of para-hydroxylation sites is 1. The van der Waals surface area contributed by atoms with Crippen LogP contribution >= 0.6 is 0 Å². The Kier molecular flexibility index (Phi) is 5.37. The van der Waals surface area contributed by atoms with Crippen LogP contribution in [0.2, 0.25) is 0 Å². The van der Waals surface area contributed by atoms with Gasteiger partial charge in [-0.15, -0.1) is 0 Å². The number of rotatable bonds is 7. The maximum Gasteiger partial charge on any atom is 0.119 e. The van der Waals surface area contributed by atoms with E-state index in [1.54, 1.807) is 0 Å². The van der Waals surface area contributed by atoms with Crippen LogP contribution in [0.3, 0.4) is 0 Å². The summed E-state index contributed by atoms with van der Waals surface area (Å²) in [5, 5.41) is 19.7. The van der Waals surface area contributed by atoms with E-state index >= 15 is 0 Å². The minimum atomic E-state index is -0.667. The normalized spacial score (nSPS) is 11.4. The van der Waals surface area contributed by atoms with E-state index in [1.807, 2.05) is 61.5 Å². The first-order valence-corrected chi connectivity index (χ1v) is 7.17. The molecule has 0 radical (unpaired) electrons. The molecule has 0 saturated heterocycles. The molecule has 0 amide bonds. The maximum atomic E-state index is 9.84. The molecule has 0 atom stereocenters. The Labute approximate surface area is 125 Å². The molecule has 2 aromatic carbocycles. The molecule has 0 aromatic heterocycles. The van der Waals surface area contributed by atoms with Crippen LogP contribution in [0.25, 0.3) is 0 Å². The van der Waals surface area contributed by atoms with Gasteiger partial charge in [-0.1, -0.05) is 42.5 Å². The third kappa shape index (κ3) is 3.63. The SMILES string of the molecule is Cc1ccccc1C(CO)(CO)CCOc1ccccc1. The number of aryl methyl sites for hydroxylation is 1. The zero-order chi connectivity index (χ0) is 15.1. The van der Waals surface area contributed by atoms with Crippen molar-refractivity contribution in [3.05, 3.63) is 65.7 Å². The van der Waals surface area contributed by atoms with Crippen molar-refractivity contribution in [2.75, 3.05) is 19.8 Å². The first kappa shape index (κ1) is 15.5. The van der Waals surface area contributed by atoms with Crippen LogP contribution in [-0.4, -0.2) is 30.0 Å². The van der Waals surface area contributed by atoms with Gasteiger partial charge >= 0.3 is 0 Å². The lowest BCUT2D eigenvalue weighted by atomic mass is 9.77. The molecule has 0 unspecified atom stereocenters. The van der Waals surface area contributed by atoms with Gasteiger partial charge in [0.15, 0.2) is 0 Å². The highest BCUT2D eigenvalue weighted by Crippen LogP contribution is 2.30. The Morgan fingerprint density at radius 2 is 1.52 bits per heavy atom. The van der Waals surface area contributed by atoms with Gasteiger partial charge < -0.3 is 14.9 Å². The number of aliphatic hydroxyl groups is 2. The molecule has 0 fully saturated rings. The topological polar surface area (TPSA) is 49.7 Å². The standard InChI is InChI=1S/C18H22O3/c1-15-7-5-6-10-17(15)18(13-19,14-20)11-12-21-16-8-3-2-4-9-16/h2-10,19-20H,11-14H2,1H3. The molecule has 3 nitrogen and oxygen atoms in total. The lowest BCUT2D eigenvalue weighted by molar-refractivity contribution is 0.0947. The third-order valence-electron chi connectivity index (χ3n) is 3.91. The van der Waals surface area contributed by atoms with Gasteiger partial charge in [-0.25, -0.2) is 0 Å². The molecular formula is C18H22O3. The monoisotopic (exact) mass is 286 g/mol. The highest BCUT2D eigenvalue weighted by molar-refractivity contribution is 5.34. The maximum absolute atomic E-state index is 9.84. The summed E-state index contributed by atoms with van der Waals surface area (Å²) in [6.45, 7) is 2.23. The zero-order valence-electron chi connectivity index (χ0n) is 12.3. The van der Waals surface area contributed by atoms with Gasteiger partial charge in [-0.3, -0.25) is 0 Å². The van der Waals surface area contributed by atoms with E-state index in [0.717, 1.165) is 16.9 Å². The van der Waals surface area contributed by atoms with Crippen LogP contribution in [0.1, 0.15) is 17.5 Å². The zero-order valence-corrected chi connectivity index (χ0v) is 12.3. The molecule has 0 heterocycles. The summed E-state index contributed by atoms with van der Waals surface area (Å²) < 4.78 is 5.70. The van der Waals surface area contributed by atoms with Crippen LogP contribution in [-0.2, 0) is 5.41 Å². The lowest BCUT2D eigenvalue weighted by Crippen LogP contribution is -2.37. The average molecular weight is 286 g/mol. The third-order valence-corrected chi connectivity index (χ3v) is 3.91. The second-order valence-corrected chi connectivity index (χ2v) is 5.32. The molecule has 112 valence electrons. The van der Waals surface area contributed by atoms with E-state index in [2.05, 4.69) is 0 Å². The van der Waals surface area contributed by atoms with Crippen molar-refractivity contribution in [1.82, 2.24) is 0 Å². The fourth-order valence-electron chi connectivity index (χ4n) is 2.56. The summed E-state index contributed by atoms with van der Waals surface area (Å²) >= 11 is 0. The molecular weight excluding hydrogens is 264 g/mol. The molecule has 2 rings (SSSR count). The van der Waals surface area contributed by atoms with Crippen molar-refractivity contribution >= 4 is 0 Å². The van der Waals surface area contributed by atoms with Crippen LogP contribution in [0, 0.1) is 6.92 Å². The predicted octanol–water partition coefficient (Wildman–Crippen LogP) is 2.69. The lowest BCUT2D eigenvalue weighted by Gasteiger charge is -2.31. The van der Waals surface area contributed by atoms with Gasteiger partial charge in [-0.05, 0) is 36.6 Å². The van der Waals surface area contributed by atoms with Gasteiger partial charge in [0.2, 0.25) is 0 Å². The predicted molar refractivity (Wildman–Crippen MR) is 83.6 cm³/mol. The smallest absolute Gasteiger partial charge is 0.119 e. The van der Waals surface area contributed by atoms with Crippen molar-refractivity contribution in [2.45, 2.75) is 18.8 Å². The van der Waals surface area contributed by atoms with Gasteiger partial charge in [0.25, 0.3) is 0 Å².